The summed E-state index contributed by atoms with van der Waals surface area (Å²) in [5.74, 6) is 0.614. The van der Waals surface area contributed by atoms with Gasteiger partial charge in [-0.15, -0.1) is 0 Å². The summed E-state index contributed by atoms with van der Waals surface area (Å²) >= 11 is 0. The van der Waals surface area contributed by atoms with Crippen LogP contribution in [0.3, 0.4) is 0 Å². The third kappa shape index (κ3) is 5.10. The van der Waals surface area contributed by atoms with E-state index in [0.29, 0.717) is 44.7 Å². The maximum absolute atomic E-state index is 12.2. The van der Waals surface area contributed by atoms with E-state index >= 15 is 0 Å². The van der Waals surface area contributed by atoms with Crippen molar-refractivity contribution >= 4 is 11.8 Å². The van der Waals surface area contributed by atoms with Crippen LogP contribution < -0.4 is 15.4 Å². The Morgan fingerprint density at radius 2 is 2.04 bits per heavy atom. The van der Waals surface area contributed by atoms with Crippen LogP contribution >= 0.6 is 0 Å². The third-order valence-electron chi connectivity index (χ3n) is 4.70. The Hall–Kier alpha value is -2.87. The maximum atomic E-state index is 12.2. The van der Waals surface area contributed by atoms with Gasteiger partial charge in [-0.25, -0.2) is 0 Å². The third-order valence-corrected chi connectivity index (χ3v) is 4.70. The fourth-order valence-electron chi connectivity index (χ4n) is 3.22. The van der Waals surface area contributed by atoms with Crippen molar-refractivity contribution in [1.29, 1.82) is 0 Å². The average molecular weight is 386 g/mol. The number of ether oxygens (including phenoxy) is 2. The Morgan fingerprint density at radius 3 is 2.71 bits per heavy atom. The van der Waals surface area contributed by atoms with Crippen molar-refractivity contribution in [2.24, 2.45) is 0 Å². The van der Waals surface area contributed by atoms with E-state index in [-0.39, 0.29) is 17.9 Å². The summed E-state index contributed by atoms with van der Waals surface area (Å²) in [6.45, 7) is 1.49. The number of nitrogens with zero attached hydrogens (tertiary/aromatic N) is 2. The van der Waals surface area contributed by atoms with Crippen LogP contribution in [0.15, 0.2) is 30.3 Å². The summed E-state index contributed by atoms with van der Waals surface area (Å²) < 4.78 is 11.8. The van der Waals surface area contributed by atoms with Gasteiger partial charge in [-0.05, 0) is 30.2 Å². The van der Waals surface area contributed by atoms with Gasteiger partial charge in [0.05, 0.1) is 26.3 Å². The molecule has 1 aliphatic rings. The number of methoxy groups -OCH3 is 2. The molecule has 2 heterocycles. The number of aryl methyl sites for hydroxylation is 1. The van der Waals surface area contributed by atoms with Crippen molar-refractivity contribution in [3.05, 3.63) is 47.3 Å². The van der Waals surface area contributed by atoms with Crippen molar-refractivity contribution < 1.29 is 19.1 Å². The van der Waals surface area contributed by atoms with E-state index in [1.54, 1.807) is 25.0 Å². The highest BCUT2D eigenvalue weighted by Crippen LogP contribution is 2.17. The van der Waals surface area contributed by atoms with Crippen LogP contribution in [0.1, 0.15) is 28.2 Å². The quantitative estimate of drug-likeness (QED) is 0.626. The Kier molecular flexibility index (Phi) is 6.65. The molecule has 1 aliphatic heterocycles. The number of fused-ring (bicyclic) bond motifs is 1. The Balaban J connectivity index is 1.43. The summed E-state index contributed by atoms with van der Waals surface area (Å²) in [5, 5.41) is 10.1. The van der Waals surface area contributed by atoms with Gasteiger partial charge < -0.3 is 20.1 Å². The molecule has 0 unspecified atom stereocenters. The average Bonchev–Trinajstić information content (AvgIpc) is 3.25. The molecule has 2 aromatic rings. The number of benzene rings is 1. The minimum atomic E-state index is -0.209. The first-order chi connectivity index (χ1) is 13.6. The van der Waals surface area contributed by atoms with Crippen LogP contribution in [0.2, 0.25) is 0 Å². The lowest BCUT2D eigenvalue weighted by atomic mass is 10.1. The molecule has 2 N–H and O–H groups in total. The van der Waals surface area contributed by atoms with Crippen molar-refractivity contribution in [2.45, 2.75) is 31.8 Å². The second kappa shape index (κ2) is 9.36. The van der Waals surface area contributed by atoms with Crippen molar-refractivity contribution in [3.63, 3.8) is 0 Å². The molecule has 150 valence electrons. The topological polar surface area (TPSA) is 94.5 Å². The van der Waals surface area contributed by atoms with Gasteiger partial charge in [0.2, 0.25) is 5.91 Å². The van der Waals surface area contributed by atoms with E-state index in [1.807, 2.05) is 24.3 Å². The zero-order chi connectivity index (χ0) is 19.9. The van der Waals surface area contributed by atoms with Gasteiger partial charge in [0.25, 0.3) is 5.91 Å². The van der Waals surface area contributed by atoms with Crippen LogP contribution in [0.4, 0.5) is 0 Å². The molecule has 3 rings (SSSR count). The van der Waals surface area contributed by atoms with Gasteiger partial charge in [-0.1, -0.05) is 12.1 Å². The lowest BCUT2D eigenvalue weighted by Gasteiger charge is -2.12. The van der Waals surface area contributed by atoms with Crippen molar-refractivity contribution in [2.75, 3.05) is 27.4 Å². The van der Waals surface area contributed by atoms with E-state index in [9.17, 15) is 9.59 Å². The lowest BCUT2D eigenvalue weighted by molar-refractivity contribution is -0.121. The molecule has 1 aromatic heterocycles. The molecule has 0 radical (unpaired) electrons. The van der Waals surface area contributed by atoms with Crippen LogP contribution in [0, 0.1) is 0 Å². The number of rotatable bonds is 9. The molecule has 8 heteroatoms. The van der Waals surface area contributed by atoms with Gasteiger partial charge in [0.1, 0.15) is 11.4 Å². The molecule has 0 fully saturated rings. The zero-order valence-electron chi connectivity index (χ0n) is 16.2. The molecule has 0 spiro atoms. The summed E-state index contributed by atoms with van der Waals surface area (Å²) in [7, 11) is 3.22. The molecule has 0 bridgehead atoms. The summed E-state index contributed by atoms with van der Waals surface area (Å²) in [4.78, 5) is 24.3. The van der Waals surface area contributed by atoms with E-state index in [0.717, 1.165) is 17.0 Å². The number of carbonyl (C=O) groups excluding carboxylic acids is 2. The van der Waals surface area contributed by atoms with Crippen LogP contribution in [0.25, 0.3) is 0 Å². The van der Waals surface area contributed by atoms with Crippen molar-refractivity contribution in [1.82, 2.24) is 20.4 Å². The SMILES string of the molecule is COCCNC(=O)c1cc2n(n1)C[C@@H](NC(=O)CCc1ccc(OC)cc1)C2. The highest BCUT2D eigenvalue weighted by atomic mass is 16.5. The van der Waals surface area contributed by atoms with Gasteiger partial charge in [-0.3, -0.25) is 14.3 Å². The number of amides is 2. The first-order valence-electron chi connectivity index (χ1n) is 9.35. The van der Waals surface area contributed by atoms with Crippen LogP contribution in [-0.2, 0) is 28.9 Å². The van der Waals surface area contributed by atoms with Crippen LogP contribution in [-0.4, -0.2) is 55.0 Å². The standard InChI is InChI=1S/C20H26N4O4/c1-27-10-9-21-20(26)18-12-16-11-15(13-24(16)23-18)22-19(25)8-5-14-3-6-17(28-2)7-4-14/h3-4,6-7,12,15H,5,8-11,13H2,1-2H3,(H,21,26)(H,22,25)/t15-/m0/s1. The lowest BCUT2D eigenvalue weighted by Crippen LogP contribution is -2.36. The summed E-state index contributed by atoms with van der Waals surface area (Å²) in [5.41, 5.74) is 2.45. The second-order valence-electron chi connectivity index (χ2n) is 6.77. The summed E-state index contributed by atoms with van der Waals surface area (Å²) in [6.07, 6.45) is 1.78. The van der Waals surface area contributed by atoms with Gasteiger partial charge >= 0.3 is 0 Å². The van der Waals surface area contributed by atoms with Gasteiger partial charge in [-0.2, -0.15) is 5.10 Å². The Bertz CT molecular complexity index is 793. The van der Waals surface area contributed by atoms with Gasteiger partial charge in [0, 0.05) is 32.2 Å². The van der Waals surface area contributed by atoms with E-state index in [2.05, 4.69) is 15.7 Å². The number of hydrogen-bond donors (Lipinski definition) is 2. The van der Waals surface area contributed by atoms with Crippen LogP contribution in [0.5, 0.6) is 5.75 Å². The van der Waals surface area contributed by atoms with Crippen molar-refractivity contribution in [3.8, 4) is 5.75 Å². The molecular formula is C20H26N4O4. The van der Waals surface area contributed by atoms with E-state index in [4.69, 9.17) is 9.47 Å². The largest absolute Gasteiger partial charge is 0.497 e. The first kappa shape index (κ1) is 19.9. The fourth-order valence-corrected chi connectivity index (χ4v) is 3.22. The maximum Gasteiger partial charge on any atom is 0.271 e. The minimum absolute atomic E-state index is 0.0106. The molecular weight excluding hydrogens is 360 g/mol. The highest BCUT2D eigenvalue weighted by Gasteiger charge is 2.26. The first-order valence-corrected chi connectivity index (χ1v) is 9.35. The molecule has 1 atom stereocenters. The Labute approximate surface area is 164 Å². The molecule has 2 amide bonds. The number of aromatic nitrogens is 2. The Morgan fingerprint density at radius 1 is 1.25 bits per heavy atom. The van der Waals surface area contributed by atoms with Gasteiger partial charge in [0.15, 0.2) is 0 Å². The number of carbonyl (C=O) groups is 2. The fraction of sp³-hybridized carbons (Fsp3) is 0.450. The number of nitrogens with one attached hydrogen (secondary N) is 2. The normalized spacial score (nSPS) is 15.1. The monoisotopic (exact) mass is 386 g/mol. The molecule has 0 saturated heterocycles. The predicted octanol–water partition coefficient (Wildman–Crippen LogP) is 0.942. The smallest absolute Gasteiger partial charge is 0.271 e. The van der Waals surface area contributed by atoms with E-state index < -0.39 is 0 Å². The number of hydrogen-bond acceptors (Lipinski definition) is 5. The molecule has 0 aliphatic carbocycles. The molecule has 0 saturated carbocycles. The second-order valence-corrected chi connectivity index (χ2v) is 6.77. The molecule has 1 aromatic carbocycles. The summed E-state index contributed by atoms with van der Waals surface area (Å²) in [6, 6.07) is 9.52. The zero-order valence-corrected chi connectivity index (χ0v) is 16.2. The minimum Gasteiger partial charge on any atom is -0.497 e. The predicted molar refractivity (Wildman–Crippen MR) is 103 cm³/mol. The molecule has 28 heavy (non-hydrogen) atoms. The highest BCUT2D eigenvalue weighted by molar-refractivity contribution is 5.92. The molecule has 8 nitrogen and oxygen atoms in total. The van der Waals surface area contributed by atoms with E-state index in [1.165, 1.54) is 0 Å².